The summed E-state index contributed by atoms with van der Waals surface area (Å²) in [5.74, 6) is -1.95. The van der Waals surface area contributed by atoms with E-state index in [2.05, 4.69) is 25.1 Å². The molecule has 0 amide bonds. The monoisotopic (exact) mass is 442 g/mol. The van der Waals surface area contributed by atoms with E-state index in [1.54, 1.807) is 7.05 Å². The standard InChI is InChI=1S/C17H12F6N8/c1-7-5-8(6-10(25-7)16(18,19)20)11-12(9-3-4-30(2)28-9)26-15(24)31-13(11)27-14(29-31)17(21,22)23/h3-6H,1-2H3,(H2,24,26). The van der Waals surface area contributed by atoms with Crippen LogP contribution in [0.25, 0.3) is 28.2 Å². The lowest BCUT2D eigenvalue weighted by atomic mass is 10.0. The molecule has 0 aliphatic carbocycles. The predicted molar refractivity (Wildman–Crippen MR) is 95.4 cm³/mol. The Morgan fingerprint density at radius 3 is 2.23 bits per heavy atom. The van der Waals surface area contributed by atoms with E-state index in [1.807, 2.05) is 0 Å². The molecule has 0 aromatic carbocycles. The third-order valence-electron chi connectivity index (χ3n) is 4.25. The SMILES string of the molecule is Cc1cc(-c2c(-c3ccn(C)n3)nc(N)n3nc(C(F)(F)F)nc23)cc(C(F)(F)F)n1. The van der Waals surface area contributed by atoms with Gasteiger partial charge in [0.1, 0.15) is 17.1 Å². The van der Waals surface area contributed by atoms with Gasteiger partial charge < -0.3 is 5.73 Å². The summed E-state index contributed by atoms with van der Waals surface area (Å²) >= 11 is 0. The van der Waals surface area contributed by atoms with Gasteiger partial charge in [-0.05, 0) is 30.7 Å². The topological polar surface area (TPSA) is 99.8 Å². The first-order valence-electron chi connectivity index (χ1n) is 8.54. The van der Waals surface area contributed by atoms with Gasteiger partial charge in [0.15, 0.2) is 5.65 Å². The molecule has 4 aromatic rings. The summed E-state index contributed by atoms with van der Waals surface area (Å²) in [4.78, 5) is 11.0. The lowest BCUT2D eigenvalue weighted by Gasteiger charge is -2.13. The molecule has 0 aliphatic rings. The van der Waals surface area contributed by atoms with Gasteiger partial charge in [0.25, 0.3) is 5.82 Å². The maximum Gasteiger partial charge on any atom is 0.453 e. The average Bonchev–Trinajstić information content (AvgIpc) is 3.27. The summed E-state index contributed by atoms with van der Waals surface area (Å²) in [6.07, 6.45) is -8.16. The number of fused-ring (bicyclic) bond motifs is 1. The van der Waals surface area contributed by atoms with Crippen LogP contribution in [-0.4, -0.2) is 34.3 Å². The van der Waals surface area contributed by atoms with Crippen molar-refractivity contribution < 1.29 is 26.3 Å². The first kappa shape index (κ1) is 20.6. The van der Waals surface area contributed by atoms with E-state index in [0.717, 1.165) is 0 Å². The second-order valence-corrected chi connectivity index (χ2v) is 6.62. The number of nitrogens with zero attached hydrogens (tertiary/aromatic N) is 7. The van der Waals surface area contributed by atoms with Gasteiger partial charge in [0.2, 0.25) is 5.95 Å². The summed E-state index contributed by atoms with van der Waals surface area (Å²) in [6, 6.07) is 3.47. The Kier molecular flexibility index (Phi) is 4.41. The molecule has 0 spiro atoms. The second kappa shape index (κ2) is 6.65. The zero-order valence-corrected chi connectivity index (χ0v) is 15.8. The fourth-order valence-corrected chi connectivity index (χ4v) is 3.03. The fourth-order valence-electron chi connectivity index (χ4n) is 3.03. The van der Waals surface area contributed by atoms with Crippen molar-refractivity contribution in [3.8, 4) is 22.5 Å². The summed E-state index contributed by atoms with van der Waals surface area (Å²) in [5.41, 5.74) is 4.00. The van der Waals surface area contributed by atoms with Crippen molar-refractivity contribution in [2.75, 3.05) is 5.73 Å². The maximum absolute atomic E-state index is 13.3. The number of halogens is 6. The lowest BCUT2D eigenvalue weighted by molar-refractivity contribution is -0.144. The third-order valence-corrected chi connectivity index (χ3v) is 4.25. The molecule has 2 N–H and O–H groups in total. The number of rotatable bonds is 2. The minimum absolute atomic E-state index is 0.0117. The van der Waals surface area contributed by atoms with Gasteiger partial charge in [-0.25, -0.2) is 15.0 Å². The number of hydrogen-bond acceptors (Lipinski definition) is 6. The predicted octanol–water partition coefficient (Wildman–Crippen LogP) is 3.52. The molecule has 0 fully saturated rings. The molecule has 0 aliphatic heterocycles. The number of aryl methyl sites for hydroxylation is 2. The van der Waals surface area contributed by atoms with Crippen LogP contribution in [0.4, 0.5) is 32.3 Å². The molecule has 4 aromatic heterocycles. The van der Waals surface area contributed by atoms with Gasteiger partial charge in [-0.1, -0.05) is 0 Å². The summed E-state index contributed by atoms with van der Waals surface area (Å²) in [6.45, 7) is 1.33. The first-order valence-corrected chi connectivity index (χ1v) is 8.54. The minimum Gasteiger partial charge on any atom is -0.368 e. The van der Waals surface area contributed by atoms with Crippen molar-refractivity contribution in [2.45, 2.75) is 19.3 Å². The van der Waals surface area contributed by atoms with Gasteiger partial charge in [0, 0.05) is 18.9 Å². The highest BCUT2D eigenvalue weighted by molar-refractivity contribution is 5.90. The molecule has 0 saturated heterocycles. The van der Waals surface area contributed by atoms with Crippen molar-refractivity contribution in [3.63, 3.8) is 0 Å². The van der Waals surface area contributed by atoms with Gasteiger partial charge in [-0.2, -0.15) is 36.0 Å². The molecular formula is C17H12F6N8. The minimum atomic E-state index is -4.91. The molecule has 8 nitrogen and oxygen atoms in total. The van der Waals surface area contributed by atoms with E-state index in [1.165, 1.54) is 29.9 Å². The van der Waals surface area contributed by atoms with Gasteiger partial charge >= 0.3 is 12.4 Å². The van der Waals surface area contributed by atoms with E-state index in [-0.39, 0.29) is 28.2 Å². The van der Waals surface area contributed by atoms with Crippen LogP contribution >= 0.6 is 0 Å². The molecule has 0 saturated carbocycles. The molecule has 0 atom stereocenters. The highest BCUT2D eigenvalue weighted by Gasteiger charge is 2.38. The highest BCUT2D eigenvalue weighted by atomic mass is 19.4. The molecule has 31 heavy (non-hydrogen) atoms. The van der Waals surface area contributed by atoms with Gasteiger partial charge in [-0.15, -0.1) is 5.10 Å². The molecule has 4 heterocycles. The summed E-state index contributed by atoms with van der Waals surface area (Å²) in [5, 5.41) is 7.48. The third kappa shape index (κ3) is 3.64. The molecule has 14 heteroatoms. The number of pyridine rings is 1. The van der Waals surface area contributed by atoms with Crippen molar-refractivity contribution in [1.82, 2.24) is 34.3 Å². The van der Waals surface area contributed by atoms with Crippen LogP contribution in [0.15, 0.2) is 24.4 Å². The molecule has 0 unspecified atom stereocenters. The molecule has 0 radical (unpaired) electrons. The number of nitrogens with two attached hydrogens (primary N) is 1. The van der Waals surface area contributed by atoms with E-state index in [9.17, 15) is 26.3 Å². The van der Waals surface area contributed by atoms with Crippen LogP contribution in [0.2, 0.25) is 0 Å². The van der Waals surface area contributed by atoms with Crippen molar-refractivity contribution in [3.05, 3.63) is 41.6 Å². The fraction of sp³-hybridized carbons (Fsp3) is 0.235. The Balaban J connectivity index is 2.12. The first-order chi connectivity index (χ1) is 14.3. The molecule has 4 rings (SSSR count). The van der Waals surface area contributed by atoms with Crippen LogP contribution in [0.1, 0.15) is 17.2 Å². The van der Waals surface area contributed by atoms with Crippen LogP contribution < -0.4 is 5.73 Å². The number of anilines is 1. The quantitative estimate of drug-likeness (QED) is 0.477. The van der Waals surface area contributed by atoms with Crippen LogP contribution in [0.3, 0.4) is 0 Å². The number of nitrogen functional groups attached to an aromatic ring is 1. The number of alkyl halides is 6. The Bertz CT molecular complexity index is 1300. The molecule has 0 bridgehead atoms. The van der Waals surface area contributed by atoms with E-state index in [4.69, 9.17) is 5.73 Å². The summed E-state index contributed by atoms with van der Waals surface area (Å²) < 4.78 is 81.7. The van der Waals surface area contributed by atoms with Gasteiger partial charge in [-0.3, -0.25) is 4.68 Å². The lowest BCUT2D eigenvalue weighted by Crippen LogP contribution is -2.10. The maximum atomic E-state index is 13.3. The Hall–Kier alpha value is -3.71. The molecular weight excluding hydrogens is 430 g/mol. The molecule has 162 valence electrons. The zero-order chi connectivity index (χ0) is 22.7. The smallest absolute Gasteiger partial charge is 0.368 e. The zero-order valence-electron chi connectivity index (χ0n) is 15.8. The Morgan fingerprint density at radius 1 is 0.935 bits per heavy atom. The number of aromatic nitrogens is 7. The van der Waals surface area contributed by atoms with Gasteiger partial charge in [0.05, 0.1) is 5.56 Å². The summed E-state index contributed by atoms with van der Waals surface area (Å²) in [7, 11) is 1.59. The Morgan fingerprint density at radius 2 is 1.65 bits per heavy atom. The van der Waals surface area contributed by atoms with Crippen molar-refractivity contribution >= 4 is 11.6 Å². The average molecular weight is 442 g/mol. The number of hydrogen-bond donors (Lipinski definition) is 1. The largest absolute Gasteiger partial charge is 0.453 e. The van der Waals surface area contributed by atoms with Crippen LogP contribution in [-0.2, 0) is 19.4 Å². The van der Waals surface area contributed by atoms with Crippen molar-refractivity contribution in [2.24, 2.45) is 7.05 Å². The van der Waals surface area contributed by atoms with E-state index in [0.29, 0.717) is 10.6 Å². The van der Waals surface area contributed by atoms with E-state index >= 15 is 0 Å². The van der Waals surface area contributed by atoms with Crippen LogP contribution in [0.5, 0.6) is 0 Å². The Labute approximate surface area is 169 Å². The van der Waals surface area contributed by atoms with E-state index < -0.39 is 35.5 Å². The normalized spacial score (nSPS) is 12.6. The highest BCUT2D eigenvalue weighted by Crippen LogP contribution is 2.38. The van der Waals surface area contributed by atoms with Crippen LogP contribution in [0, 0.1) is 6.92 Å². The van der Waals surface area contributed by atoms with Crippen molar-refractivity contribution in [1.29, 1.82) is 0 Å². The second-order valence-electron chi connectivity index (χ2n) is 6.62.